The Morgan fingerprint density at radius 2 is 1.86 bits per heavy atom. The van der Waals surface area contributed by atoms with E-state index < -0.39 is 17.8 Å². The number of rotatable bonds is 7. The van der Waals surface area contributed by atoms with E-state index in [4.69, 9.17) is 21.1 Å². The molecule has 1 saturated heterocycles. The molecule has 1 fully saturated rings. The first-order valence-electron chi connectivity index (χ1n) is 11.2. The molecular weight excluding hydrogens is 567 g/mol. The average Bonchev–Trinajstić information content (AvgIpc) is 2.83. The molecule has 4 amide bonds. The van der Waals surface area contributed by atoms with Crippen molar-refractivity contribution in [1.82, 2.24) is 5.32 Å². The Hall–Kier alpha value is -3.69. The Labute approximate surface area is 225 Å². The number of imide groups is 2. The van der Waals surface area contributed by atoms with E-state index in [0.29, 0.717) is 44.3 Å². The second-order valence-corrected chi connectivity index (χ2v) is 9.36. The molecule has 1 aliphatic rings. The van der Waals surface area contributed by atoms with Crippen LogP contribution in [0.15, 0.2) is 64.6 Å². The smallest absolute Gasteiger partial charge is 0.335 e. The quantitative estimate of drug-likeness (QED) is 0.263. The highest BCUT2D eigenvalue weighted by molar-refractivity contribution is 9.10. The van der Waals surface area contributed by atoms with E-state index in [0.717, 1.165) is 4.90 Å². The summed E-state index contributed by atoms with van der Waals surface area (Å²) in [5, 5.41) is 2.54. The number of hydrogen-bond acceptors (Lipinski definition) is 5. The zero-order valence-corrected chi connectivity index (χ0v) is 22.2. The molecule has 1 aliphatic heterocycles. The predicted molar refractivity (Wildman–Crippen MR) is 141 cm³/mol. The van der Waals surface area contributed by atoms with Gasteiger partial charge in [-0.15, -0.1) is 0 Å². The van der Waals surface area contributed by atoms with Gasteiger partial charge in [-0.1, -0.05) is 29.8 Å². The van der Waals surface area contributed by atoms with E-state index in [2.05, 4.69) is 21.2 Å². The Morgan fingerprint density at radius 3 is 2.59 bits per heavy atom. The van der Waals surface area contributed by atoms with Gasteiger partial charge in [-0.25, -0.2) is 14.1 Å². The standard InChI is InChI=1S/C27H21BrClFN2O5/c1-3-36-23-12-17(11-21(28)24(23)37-14-16-5-4-6-19(30)9-16)10-20-25(33)31-27(35)32(26(20)34)22-13-18(29)8-7-15(22)2/h4-13H,3,14H2,1-2H3,(H,31,33,35)/b20-10+. The third kappa shape index (κ3) is 5.84. The predicted octanol–water partition coefficient (Wildman–Crippen LogP) is 6.19. The summed E-state index contributed by atoms with van der Waals surface area (Å²) >= 11 is 9.53. The van der Waals surface area contributed by atoms with Crippen molar-refractivity contribution in [2.75, 3.05) is 11.5 Å². The van der Waals surface area contributed by atoms with Crippen molar-refractivity contribution < 1.29 is 28.2 Å². The topological polar surface area (TPSA) is 84.9 Å². The van der Waals surface area contributed by atoms with Gasteiger partial charge < -0.3 is 9.47 Å². The van der Waals surface area contributed by atoms with E-state index in [1.54, 1.807) is 50.2 Å². The molecule has 10 heteroatoms. The Bertz CT molecular complexity index is 1440. The van der Waals surface area contributed by atoms with Crippen molar-refractivity contribution in [3.63, 3.8) is 0 Å². The fourth-order valence-corrected chi connectivity index (χ4v) is 4.46. The number of halogens is 3. The third-order valence-electron chi connectivity index (χ3n) is 5.43. The van der Waals surface area contributed by atoms with Crippen LogP contribution < -0.4 is 19.7 Å². The molecule has 37 heavy (non-hydrogen) atoms. The molecule has 3 aromatic carbocycles. The molecule has 1 heterocycles. The van der Waals surface area contributed by atoms with Crippen molar-refractivity contribution in [1.29, 1.82) is 0 Å². The van der Waals surface area contributed by atoms with E-state index >= 15 is 0 Å². The third-order valence-corrected chi connectivity index (χ3v) is 6.25. The SMILES string of the molecule is CCOc1cc(/C=C2\C(=O)NC(=O)N(c3cc(Cl)ccc3C)C2=O)cc(Br)c1OCc1cccc(F)c1. The van der Waals surface area contributed by atoms with E-state index in [1.165, 1.54) is 24.3 Å². The molecule has 1 N–H and O–H groups in total. The highest BCUT2D eigenvalue weighted by Crippen LogP contribution is 2.38. The summed E-state index contributed by atoms with van der Waals surface area (Å²) in [6, 6.07) is 13.2. The van der Waals surface area contributed by atoms with Gasteiger partial charge in [0.1, 0.15) is 18.0 Å². The van der Waals surface area contributed by atoms with Crippen LogP contribution in [-0.4, -0.2) is 24.5 Å². The number of barbiturate groups is 1. The van der Waals surface area contributed by atoms with Crippen molar-refractivity contribution in [3.05, 3.63) is 92.2 Å². The number of hydrogen-bond donors (Lipinski definition) is 1. The highest BCUT2D eigenvalue weighted by atomic mass is 79.9. The summed E-state index contributed by atoms with van der Waals surface area (Å²) in [7, 11) is 0. The lowest BCUT2D eigenvalue weighted by molar-refractivity contribution is -0.122. The summed E-state index contributed by atoms with van der Waals surface area (Å²) in [5.41, 5.74) is 1.73. The normalized spacial score (nSPS) is 14.7. The molecule has 4 rings (SSSR count). The number of ether oxygens (including phenoxy) is 2. The second-order valence-electron chi connectivity index (χ2n) is 8.07. The van der Waals surface area contributed by atoms with Crippen LogP contribution in [0.5, 0.6) is 11.5 Å². The minimum absolute atomic E-state index is 0.0911. The molecule has 0 radical (unpaired) electrons. The molecule has 0 unspecified atom stereocenters. The van der Waals surface area contributed by atoms with Gasteiger partial charge in [0.25, 0.3) is 11.8 Å². The summed E-state index contributed by atoms with van der Waals surface area (Å²) in [4.78, 5) is 39.4. The molecule has 0 spiro atoms. The molecule has 0 saturated carbocycles. The van der Waals surface area contributed by atoms with Crippen molar-refractivity contribution in [3.8, 4) is 11.5 Å². The fourth-order valence-electron chi connectivity index (χ4n) is 3.72. The maximum absolute atomic E-state index is 13.5. The lowest BCUT2D eigenvalue weighted by atomic mass is 10.1. The van der Waals surface area contributed by atoms with Crippen LogP contribution in [0.4, 0.5) is 14.9 Å². The summed E-state index contributed by atoms with van der Waals surface area (Å²) < 4.78 is 25.6. The van der Waals surface area contributed by atoms with Gasteiger partial charge >= 0.3 is 6.03 Å². The van der Waals surface area contributed by atoms with Gasteiger partial charge in [-0.05, 0) is 88.9 Å². The molecule has 0 bridgehead atoms. The molecule has 7 nitrogen and oxygen atoms in total. The van der Waals surface area contributed by atoms with Crippen molar-refractivity contribution in [2.45, 2.75) is 20.5 Å². The molecule has 0 aromatic heterocycles. The Balaban J connectivity index is 1.68. The molecular formula is C27H21BrClFN2O5. The van der Waals surface area contributed by atoms with Gasteiger partial charge in [0.05, 0.1) is 16.8 Å². The Kier molecular flexibility index (Phi) is 7.94. The number of amides is 4. The van der Waals surface area contributed by atoms with Gasteiger partial charge in [-0.2, -0.15) is 0 Å². The molecule has 0 aliphatic carbocycles. The van der Waals surface area contributed by atoms with Crippen LogP contribution in [-0.2, 0) is 16.2 Å². The number of anilines is 1. The minimum Gasteiger partial charge on any atom is -0.490 e. The van der Waals surface area contributed by atoms with E-state index in [-0.39, 0.29) is 23.7 Å². The number of benzene rings is 3. The second kappa shape index (κ2) is 11.1. The van der Waals surface area contributed by atoms with Crippen LogP contribution in [0.1, 0.15) is 23.6 Å². The lowest BCUT2D eigenvalue weighted by Crippen LogP contribution is -2.54. The molecule has 3 aromatic rings. The van der Waals surface area contributed by atoms with Gasteiger partial charge in [0.15, 0.2) is 11.5 Å². The molecule has 190 valence electrons. The van der Waals surface area contributed by atoms with Gasteiger partial charge in [-0.3, -0.25) is 14.9 Å². The fraction of sp³-hybridized carbons (Fsp3) is 0.148. The first-order chi connectivity index (χ1) is 17.7. The van der Waals surface area contributed by atoms with E-state index in [9.17, 15) is 18.8 Å². The largest absolute Gasteiger partial charge is 0.490 e. The number of nitrogens with one attached hydrogen (secondary N) is 1. The summed E-state index contributed by atoms with van der Waals surface area (Å²) in [5.74, 6) is -1.27. The monoisotopic (exact) mass is 586 g/mol. The zero-order chi connectivity index (χ0) is 26.7. The average molecular weight is 588 g/mol. The maximum Gasteiger partial charge on any atom is 0.335 e. The first kappa shape index (κ1) is 26.4. The van der Waals surface area contributed by atoms with Crippen LogP contribution in [0, 0.1) is 12.7 Å². The number of urea groups is 1. The highest BCUT2D eigenvalue weighted by Gasteiger charge is 2.37. The number of nitrogens with zero attached hydrogens (tertiary/aromatic N) is 1. The van der Waals surface area contributed by atoms with Crippen molar-refractivity contribution in [2.24, 2.45) is 0 Å². The minimum atomic E-state index is -0.866. The summed E-state index contributed by atoms with van der Waals surface area (Å²) in [6.07, 6.45) is 1.36. The van der Waals surface area contributed by atoms with Crippen LogP contribution in [0.3, 0.4) is 0 Å². The van der Waals surface area contributed by atoms with Crippen LogP contribution >= 0.6 is 27.5 Å². The van der Waals surface area contributed by atoms with Gasteiger partial charge in [0.2, 0.25) is 0 Å². The summed E-state index contributed by atoms with van der Waals surface area (Å²) in [6.45, 7) is 3.93. The maximum atomic E-state index is 13.5. The van der Waals surface area contributed by atoms with Gasteiger partial charge in [0, 0.05) is 5.02 Å². The van der Waals surface area contributed by atoms with E-state index in [1.807, 2.05) is 0 Å². The number of carbonyl (C=O) groups excluding carboxylic acids is 3. The Morgan fingerprint density at radius 1 is 1.08 bits per heavy atom. The molecule has 0 atom stereocenters. The number of carbonyl (C=O) groups is 3. The lowest BCUT2D eigenvalue weighted by Gasteiger charge is -2.27. The van der Waals surface area contributed by atoms with Crippen LogP contribution in [0.25, 0.3) is 6.08 Å². The van der Waals surface area contributed by atoms with Crippen molar-refractivity contribution >= 4 is 57.1 Å². The first-order valence-corrected chi connectivity index (χ1v) is 12.4. The zero-order valence-electron chi connectivity index (χ0n) is 19.8. The number of aryl methyl sites for hydroxylation is 1. The van der Waals surface area contributed by atoms with Crippen LogP contribution in [0.2, 0.25) is 5.02 Å².